The quantitative estimate of drug-likeness (QED) is 0.169. The maximum atomic E-state index is 12.4. The monoisotopic (exact) mass is 623 g/mol. The van der Waals surface area contributed by atoms with Crippen LogP contribution in [-0.4, -0.2) is 56.2 Å². The minimum Gasteiger partial charge on any atom is -0.491 e. The van der Waals surface area contributed by atoms with Crippen LogP contribution in [0.4, 0.5) is 0 Å². The third kappa shape index (κ3) is 11.5. The highest BCUT2D eigenvalue weighted by Gasteiger charge is 2.32. The van der Waals surface area contributed by atoms with Crippen LogP contribution >= 0.6 is 0 Å². The predicted octanol–water partition coefficient (Wildman–Crippen LogP) is 7.89. The van der Waals surface area contributed by atoms with Crippen molar-refractivity contribution in [3.63, 3.8) is 0 Å². The highest BCUT2D eigenvalue weighted by atomic mass is 16.5. The van der Waals surface area contributed by atoms with Gasteiger partial charge in [0.2, 0.25) is 0 Å². The fraction of sp³-hybridized carbons (Fsp3) is 0.571. The van der Waals surface area contributed by atoms with E-state index >= 15 is 0 Å². The first kappa shape index (κ1) is 39.1. The van der Waals surface area contributed by atoms with E-state index in [0.29, 0.717) is 37.1 Å². The summed E-state index contributed by atoms with van der Waals surface area (Å²) in [4.78, 5) is 26.3. The molecule has 0 amide bonds. The van der Waals surface area contributed by atoms with Gasteiger partial charge in [-0.3, -0.25) is 9.67 Å². The highest BCUT2D eigenvalue weighted by molar-refractivity contribution is 6.04. The van der Waals surface area contributed by atoms with Gasteiger partial charge in [-0.25, -0.2) is 14.8 Å². The Bertz CT molecular complexity index is 1370. The van der Waals surface area contributed by atoms with Gasteiger partial charge in [0.1, 0.15) is 23.9 Å². The number of imidazole rings is 1. The molecule has 1 aromatic carbocycles. The summed E-state index contributed by atoms with van der Waals surface area (Å²) in [7, 11) is 0. The Morgan fingerprint density at radius 1 is 1.04 bits per heavy atom. The molecule has 0 aliphatic carbocycles. The van der Waals surface area contributed by atoms with Crippen LogP contribution in [0.25, 0.3) is 22.5 Å². The average Bonchev–Trinajstić information content (AvgIpc) is 3.59. The number of nitrogens with two attached hydrogens (primary N) is 1. The van der Waals surface area contributed by atoms with Gasteiger partial charge in [-0.2, -0.15) is 5.10 Å². The van der Waals surface area contributed by atoms with Crippen LogP contribution in [0.1, 0.15) is 108 Å². The van der Waals surface area contributed by atoms with Crippen LogP contribution in [0.2, 0.25) is 0 Å². The second kappa shape index (κ2) is 19.4. The molecule has 0 saturated carbocycles. The van der Waals surface area contributed by atoms with Gasteiger partial charge in [0, 0.05) is 24.0 Å². The summed E-state index contributed by atoms with van der Waals surface area (Å²) in [5, 5.41) is 4.43. The van der Waals surface area contributed by atoms with Crippen LogP contribution in [0.15, 0.2) is 46.8 Å². The molecule has 1 aliphatic heterocycles. The van der Waals surface area contributed by atoms with Crippen LogP contribution < -0.4 is 10.5 Å². The lowest BCUT2D eigenvalue weighted by atomic mass is 10.0. The lowest BCUT2D eigenvalue weighted by Gasteiger charge is -2.22. The molecular weight excluding hydrogens is 566 g/mol. The van der Waals surface area contributed by atoms with Gasteiger partial charge >= 0.3 is 5.97 Å². The molecule has 0 radical (unpaired) electrons. The number of aromatic nitrogens is 4. The zero-order valence-corrected chi connectivity index (χ0v) is 29.8. The molecule has 0 spiro atoms. The number of amidine groups is 2. The van der Waals surface area contributed by atoms with Crippen LogP contribution in [0, 0.1) is 0 Å². The van der Waals surface area contributed by atoms with Gasteiger partial charge in [-0.1, -0.05) is 66.9 Å². The van der Waals surface area contributed by atoms with E-state index in [0.717, 1.165) is 28.3 Å². The lowest BCUT2D eigenvalue weighted by Crippen LogP contribution is -2.37. The van der Waals surface area contributed by atoms with Gasteiger partial charge in [-0.15, -0.1) is 0 Å². The van der Waals surface area contributed by atoms with Gasteiger partial charge in [-0.05, 0) is 59.2 Å². The Labute approximate surface area is 271 Å². The number of benzene rings is 1. The van der Waals surface area contributed by atoms with Crippen molar-refractivity contribution < 1.29 is 14.3 Å². The zero-order chi connectivity index (χ0) is 34.2. The smallest absolute Gasteiger partial charge is 0.333 e. The van der Waals surface area contributed by atoms with Gasteiger partial charge in [0.25, 0.3) is 0 Å². The third-order valence-electron chi connectivity index (χ3n) is 5.74. The fourth-order valence-electron chi connectivity index (χ4n) is 3.91. The predicted molar refractivity (Wildman–Crippen MR) is 187 cm³/mol. The van der Waals surface area contributed by atoms with Crippen molar-refractivity contribution in [1.29, 1.82) is 0 Å². The summed E-state index contributed by atoms with van der Waals surface area (Å²) in [5.41, 5.74) is 8.26. The Kier molecular flexibility index (Phi) is 16.9. The second-order valence-corrected chi connectivity index (χ2v) is 11.6. The van der Waals surface area contributed by atoms with Crippen molar-refractivity contribution in [2.75, 3.05) is 13.2 Å². The number of fused-ring (bicyclic) bond motifs is 3. The van der Waals surface area contributed by atoms with E-state index in [2.05, 4.69) is 61.2 Å². The van der Waals surface area contributed by atoms with E-state index in [1.807, 2.05) is 44.4 Å². The van der Waals surface area contributed by atoms with Gasteiger partial charge < -0.3 is 19.8 Å². The summed E-state index contributed by atoms with van der Waals surface area (Å²) >= 11 is 0. The largest absolute Gasteiger partial charge is 0.491 e. The molecule has 10 heteroatoms. The van der Waals surface area contributed by atoms with E-state index in [9.17, 15) is 4.79 Å². The van der Waals surface area contributed by atoms with E-state index in [1.54, 1.807) is 38.6 Å². The van der Waals surface area contributed by atoms with Crippen molar-refractivity contribution in [2.45, 2.75) is 120 Å². The summed E-state index contributed by atoms with van der Waals surface area (Å²) in [5.74, 6) is 2.12. The first-order valence-electron chi connectivity index (χ1n) is 16.3. The van der Waals surface area contributed by atoms with Crippen molar-refractivity contribution >= 4 is 17.6 Å². The molecule has 0 unspecified atom stereocenters. The first-order chi connectivity index (χ1) is 21.3. The van der Waals surface area contributed by atoms with Crippen LogP contribution in [0.5, 0.6) is 5.75 Å². The average molecular weight is 624 g/mol. The molecule has 0 atom stereocenters. The van der Waals surface area contributed by atoms with E-state index in [4.69, 9.17) is 20.2 Å². The molecule has 0 fully saturated rings. The number of aliphatic imine (C=N–C) groups is 2. The number of nitrogens with zero attached hydrogens (tertiary/aromatic N) is 6. The summed E-state index contributed by atoms with van der Waals surface area (Å²) in [6.45, 7) is 25.3. The van der Waals surface area contributed by atoms with E-state index < -0.39 is 5.54 Å². The molecule has 3 aromatic rings. The first-order valence-corrected chi connectivity index (χ1v) is 16.3. The third-order valence-corrected chi connectivity index (χ3v) is 5.74. The number of carbonyl (C=O) groups is 1. The number of hydrogen-bond acceptors (Lipinski definition) is 6. The second-order valence-electron chi connectivity index (χ2n) is 11.6. The summed E-state index contributed by atoms with van der Waals surface area (Å²) in [6.07, 6.45) is 9.27. The molecular formula is C35H57N7O3. The van der Waals surface area contributed by atoms with Gasteiger partial charge in [0.05, 0.1) is 30.7 Å². The number of carbonyl (C=O) groups excluding carboxylic acids is 1. The maximum absolute atomic E-state index is 12.4. The molecule has 3 heterocycles. The van der Waals surface area contributed by atoms with E-state index in [-0.39, 0.29) is 12.0 Å². The van der Waals surface area contributed by atoms with Crippen molar-refractivity contribution in [3.8, 4) is 28.3 Å². The maximum Gasteiger partial charge on any atom is 0.333 e. The molecule has 4 rings (SSSR count). The Balaban J connectivity index is 0.00000101. The molecule has 0 saturated heterocycles. The van der Waals surface area contributed by atoms with Crippen LogP contribution in [-0.2, 0) is 21.6 Å². The topological polar surface area (TPSA) is 122 Å². The standard InChI is InChI=1S/C26H33N7O3.3C3H8/c1-7-35-25(34)26(5,6)33-14-19(13-28-33)18-8-9-20-22(12-18)36-11-10-32-15-21(31-24(20)32)23(29-16(2)3)30-17(4)27;3*1-3-2/h8-9,12-16H,7,10-11H2,1-6H3,(H2,27,29,30);3*3H2,1-2H3. The summed E-state index contributed by atoms with van der Waals surface area (Å²) < 4.78 is 15.0. The van der Waals surface area contributed by atoms with Crippen molar-refractivity contribution in [3.05, 3.63) is 42.5 Å². The Morgan fingerprint density at radius 2 is 1.67 bits per heavy atom. The molecule has 2 N–H and O–H groups in total. The number of rotatable bonds is 6. The number of ether oxygens (including phenoxy) is 2. The normalized spacial score (nSPS) is 12.6. The molecule has 0 bridgehead atoms. The molecule has 250 valence electrons. The van der Waals surface area contributed by atoms with Gasteiger partial charge in [0.15, 0.2) is 11.4 Å². The van der Waals surface area contributed by atoms with Crippen LogP contribution in [0.3, 0.4) is 0 Å². The van der Waals surface area contributed by atoms with E-state index in [1.165, 1.54) is 19.3 Å². The highest BCUT2D eigenvalue weighted by Crippen LogP contribution is 2.36. The Hall–Kier alpha value is -3.95. The molecule has 2 aromatic heterocycles. The lowest BCUT2D eigenvalue weighted by molar-refractivity contribution is -0.152. The number of hydrogen-bond donors (Lipinski definition) is 1. The molecule has 1 aliphatic rings. The summed E-state index contributed by atoms with van der Waals surface area (Å²) in [6, 6.07) is 6.01. The minimum absolute atomic E-state index is 0.0532. The Morgan fingerprint density at radius 3 is 2.22 bits per heavy atom. The zero-order valence-electron chi connectivity index (χ0n) is 29.8. The molecule has 45 heavy (non-hydrogen) atoms. The minimum atomic E-state index is -0.919. The number of esters is 1. The van der Waals surface area contributed by atoms with Crippen molar-refractivity contribution in [2.24, 2.45) is 15.7 Å². The van der Waals surface area contributed by atoms with Crippen molar-refractivity contribution in [1.82, 2.24) is 19.3 Å². The molecule has 10 nitrogen and oxygen atoms in total. The fourth-order valence-corrected chi connectivity index (χ4v) is 3.91. The SMILES string of the molecule is CCC.CCC.CCC.CCOC(=O)C(C)(C)n1cc(-c2ccc3c(c2)OCCn2cc(C(N=C(C)N)=NC(C)C)nc2-3)cn1.